The number of rotatable bonds is 6. The number of halogens is 1. The van der Waals surface area contributed by atoms with Gasteiger partial charge < -0.3 is 10.1 Å². The lowest BCUT2D eigenvalue weighted by molar-refractivity contribution is -0.384. The minimum absolute atomic E-state index is 0.0117. The van der Waals surface area contributed by atoms with Gasteiger partial charge in [-0.15, -0.1) is 0 Å². The molecule has 0 radical (unpaired) electrons. The van der Waals surface area contributed by atoms with E-state index in [1.165, 1.54) is 19.2 Å². The van der Waals surface area contributed by atoms with Gasteiger partial charge in [0, 0.05) is 24.7 Å². The van der Waals surface area contributed by atoms with Gasteiger partial charge in [-0.05, 0) is 23.8 Å². The van der Waals surface area contributed by atoms with E-state index in [2.05, 4.69) is 5.32 Å². The number of sulfonamides is 1. The number of nitrogens with one attached hydrogen (secondary N) is 1. The average Bonchev–Trinajstić information content (AvgIpc) is 2.51. The lowest BCUT2D eigenvalue weighted by atomic mass is 10.2. The highest BCUT2D eigenvalue weighted by atomic mass is 32.2. The number of primary sulfonamides is 1. The van der Waals surface area contributed by atoms with Crippen LogP contribution in [0.4, 0.5) is 15.8 Å². The summed E-state index contributed by atoms with van der Waals surface area (Å²) in [6.45, 7) is 0.0117. The molecule has 0 aliphatic carbocycles. The van der Waals surface area contributed by atoms with E-state index in [0.717, 1.165) is 18.2 Å². The van der Waals surface area contributed by atoms with E-state index < -0.39 is 20.8 Å². The van der Waals surface area contributed by atoms with Crippen molar-refractivity contribution < 1.29 is 22.5 Å². The first-order valence-electron chi connectivity index (χ1n) is 6.59. The maximum Gasteiger partial charge on any atom is 0.271 e. The third-order valence-corrected chi connectivity index (χ3v) is 4.10. The molecule has 0 aliphatic heterocycles. The van der Waals surface area contributed by atoms with Crippen LogP contribution in [0.2, 0.25) is 0 Å². The molecule has 0 fully saturated rings. The number of methoxy groups -OCH3 is 1. The fourth-order valence-corrected chi connectivity index (χ4v) is 2.75. The number of hydrogen-bond donors (Lipinski definition) is 2. The Morgan fingerprint density at radius 2 is 2.00 bits per heavy atom. The monoisotopic (exact) mass is 355 g/mol. The summed E-state index contributed by atoms with van der Waals surface area (Å²) >= 11 is 0. The Hall–Kier alpha value is -2.72. The summed E-state index contributed by atoms with van der Waals surface area (Å²) in [4.78, 5) is 9.89. The molecular weight excluding hydrogens is 341 g/mol. The first-order chi connectivity index (χ1) is 11.2. The predicted molar refractivity (Wildman–Crippen MR) is 84.7 cm³/mol. The van der Waals surface area contributed by atoms with Gasteiger partial charge in [-0.1, -0.05) is 0 Å². The van der Waals surface area contributed by atoms with Crippen LogP contribution >= 0.6 is 0 Å². The van der Waals surface area contributed by atoms with Crippen molar-refractivity contribution in [1.82, 2.24) is 0 Å². The summed E-state index contributed by atoms with van der Waals surface area (Å²) in [5.41, 5.74) is 0.107. The second-order valence-electron chi connectivity index (χ2n) is 4.84. The van der Waals surface area contributed by atoms with Gasteiger partial charge in [-0.2, -0.15) is 0 Å². The van der Waals surface area contributed by atoms with Gasteiger partial charge in [0.1, 0.15) is 16.5 Å². The Labute approximate surface area is 137 Å². The van der Waals surface area contributed by atoms with Crippen LogP contribution in [0.25, 0.3) is 0 Å². The molecule has 8 nitrogen and oxygen atoms in total. The maximum absolute atomic E-state index is 13.5. The zero-order chi connectivity index (χ0) is 17.9. The normalized spacial score (nSPS) is 11.1. The SMILES string of the molecule is COc1cc(F)cc(CNc2cc([N+](=O)[O-])ccc2S(N)(=O)=O)c1. The Morgan fingerprint density at radius 1 is 1.29 bits per heavy atom. The summed E-state index contributed by atoms with van der Waals surface area (Å²) in [6.07, 6.45) is 0. The maximum atomic E-state index is 13.5. The quantitative estimate of drug-likeness (QED) is 0.603. The highest BCUT2D eigenvalue weighted by Gasteiger charge is 2.18. The Kier molecular flexibility index (Phi) is 5.00. The van der Waals surface area contributed by atoms with Crippen molar-refractivity contribution >= 4 is 21.4 Å². The van der Waals surface area contributed by atoms with Crippen LogP contribution in [0.1, 0.15) is 5.56 Å². The van der Waals surface area contributed by atoms with E-state index in [1.807, 2.05) is 0 Å². The lowest BCUT2D eigenvalue weighted by Gasteiger charge is -2.11. The van der Waals surface area contributed by atoms with Gasteiger partial charge in [0.05, 0.1) is 17.7 Å². The molecular formula is C14H14FN3O5S. The molecule has 0 saturated carbocycles. The second-order valence-corrected chi connectivity index (χ2v) is 6.37. The highest BCUT2D eigenvalue weighted by Crippen LogP contribution is 2.26. The summed E-state index contributed by atoms with van der Waals surface area (Å²) in [5, 5.41) is 18.7. The van der Waals surface area contributed by atoms with Crippen LogP contribution < -0.4 is 15.2 Å². The third-order valence-electron chi connectivity index (χ3n) is 3.13. The van der Waals surface area contributed by atoms with Crippen LogP contribution in [0.3, 0.4) is 0 Å². The zero-order valence-corrected chi connectivity index (χ0v) is 13.3. The summed E-state index contributed by atoms with van der Waals surface area (Å²) in [5.74, 6) is -0.241. The van der Waals surface area contributed by atoms with Gasteiger partial charge in [-0.3, -0.25) is 10.1 Å². The minimum atomic E-state index is -4.09. The number of nitro groups is 1. The first kappa shape index (κ1) is 17.6. The summed E-state index contributed by atoms with van der Waals surface area (Å²) < 4.78 is 41.6. The number of hydrogen-bond acceptors (Lipinski definition) is 6. The van der Waals surface area contributed by atoms with E-state index in [4.69, 9.17) is 9.88 Å². The molecule has 0 aromatic heterocycles. The third kappa shape index (κ3) is 4.18. The molecule has 24 heavy (non-hydrogen) atoms. The number of anilines is 1. The average molecular weight is 355 g/mol. The Morgan fingerprint density at radius 3 is 2.58 bits per heavy atom. The molecule has 128 valence electrons. The van der Waals surface area contributed by atoms with Gasteiger partial charge in [0.15, 0.2) is 0 Å². The molecule has 0 aliphatic rings. The van der Waals surface area contributed by atoms with Crippen molar-refractivity contribution in [3.63, 3.8) is 0 Å². The first-order valence-corrected chi connectivity index (χ1v) is 8.14. The van der Waals surface area contributed by atoms with Gasteiger partial charge in [0.2, 0.25) is 10.0 Å². The number of nitro benzene ring substituents is 1. The van der Waals surface area contributed by atoms with Gasteiger partial charge in [-0.25, -0.2) is 17.9 Å². The standard InChI is InChI=1S/C14H14FN3O5S/c1-23-12-5-9(4-10(15)6-12)8-17-13-7-11(18(19)20)2-3-14(13)24(16,21)22/h2-7,17H,8H2,1H3,(H2,16,21,22). The van der Waals surface area contributed by atoms with Crippen molar-refractivity contribution in [2.45, 2.75) is 11.4 Å². The van der Waals surface area contributed by atoms with Crippen molar-refractivity contribution in [2.24, 2.45) is 5.14 Å². The van der Waals surface area contributed by atoms with Crippen LogP contribution in [0, 0.1) is 15.9 Å². The fraction of sp³-hybridized carbons (Fsp3) is 0.143. The predicted octanol–water partition coefficient (Wildman–Crippen LogP) is 2.00. The highest BCUT2D eigenvalue weighted by molar-refractivity contribution is 7.89. The van der Waals surface area contributed by atoms with Crippen molar-refractivity contribution in [3.8, 4) is 5.75 Å². The summed E-state index contributed by atoms with van der Waals surface area (Å²) in [6, 6.07) is 7.09. The number of nitrogens with zero attached hydrogens (tertiary/aromatic N) is 1. The Bertz CT molecular complexity index is 886. The van der Waals surface area contributed by atoms with Crippen LogP contribution in [0.5, 0.6) is 5.75 Å². The second kappa shape index (κ2) is 6.81. The van der Waals surface area contributed by atoms with Crippen LogP contribution in [0.15, 0.2) is 41.3 Å². The molecule has 0 heterocycles. The smallest absolute Gasteiger partial charge is 0.271 e. The molecule has 3 N–H and O–H groups in total. The van der Waals surface area contributed by atoms with Gasteiger partial charge in [0.25, 0.3) is 5.69 Å². The Balaban J connectivity index is 2.36. The minimum Gasteiger partial charge on any atom is -0.497 e. The fourth-order valence-electron chi connectivity index (χ4n) is 2.06. The topological polar surface area (TPSA) is 125 Å². The summed E-state index contributed by atoms with van der Waals surface area (Å²) in [7, 11) is -2.70. The van der Waals surface area contributed by atoms with E-state index in [1.54, 1.807) is 6.07 Å². The molecule has 0 bridgehead atoms. The largest absolute Gasteiger partial charge is 0.497 e. The molecule has 0 spiro atoms. The molecule has 2 aromatic carbocycles. The molecule has 2 rings (SSSR count). The lowest BCUT2D eigenvalue weighted by Crippen LogP contribution is -2.15. The molecule has 10 heteroatoms. The van der Waals surface area contributed by atoms with E-state index in [0.29, 0.717) is 5.56 Å². The van der Waals surface area contributed by atoms with Crippen molar-refractivity contribution in [2.75, 3.05) is 12.4 Å². The number of non-ortho nitro benzene ring substituents is 1. The molecule has 0 amide bonds. The number of ether oxygens (including phenoxy) is 1. The number of nitrogens with two attached hydrogens (primary N) is 1. The van der Waals surface area contributed by atoms with Crippen molar-refractivity contribution in [3.05, 3.63) is 57.9 Å². The van der Waals surface area contributed by atoms with Crippen LogP contribution in [-0.4, -0.2) is 20.5 Å². The molecule has 0 unspecified atom stereocenters. The van der Waals surface area contributed by atoms with E-state index >= 15 is 0 Å². The van der Waals surface area contributed by atoms with Gasteiger partial charge >= 0.3 is 0 Å². The zero-order valence-electron chi connectivity index (χ0n) is 12.5. The molecule has 2 aromatic rings. The number of benzene rings is 2. The molecule has 0 atom stereocenters. The van der Waals surface area contributed by atoms with E-state index in [9.17, 15) is 22.9 Å². The van der Waals surface area contributed by atoms with E-state index in [-0.39, 0.29) is 28.6 Å². The molecule has 0 saturated heterocycles. The van der Waals surface area contributed by atoms with Crippen LogP contribution in [-0.2, 0) is 16.6 Å². The van der Waals surface area contributed by atoms with Crippen molar-refractivity contribution in [1.29, 1.82) is 0 Å².